The second-order valence-corrected chi connectivity index (χ2v) is 4.48. The van der Waals surface area contributed by atoms with Gasteiger partial charge in [0, 0.05) is 5.92 Å². The number of rotatable bonds is 6. The van der Waals surface area contributed by atoms with Gasteiger partial charge in [-0.1, -0.05) is 30.3 Å². The molecule has 1 aromatic carbocycles. The number of carboxylic acid groups (broad SMARTS) is 1. The van der Waals surface area contributed by atoms with Crippen molar-refractivity contribution in [1.82, 2.24) is 5.32 Å². The number of carbonyl (C=O) groups excluding carboxylic acids is 1. The van der Waals surface area contributed by atoms with Crippen molar-refractivity contribution in [2.45, 2.75) is 25.5 Å². The fourth-order valence-electron chi connectivity index (χ4n) is 1.67. The van der Waals surface area contributed by atoms with Gasteiger partial charge < -0.3 is 15.5 Å². The van der Waals surface area contributed by atoms with Gasteiger partial charge in [0.05, 0.1) is 6.07 Å². The first-order valence-electron chi connectivity index (χ1n) is 6.11. The molecule has 1 rings (SSSR count). The third kappa shape index (κ3) is 4.37. The number of aliphatic carboxylic acids is 1. The van der Waals surface area contributed by atoms with E-state index in [1.165, 1.54) is 0 Å². The van der Waals surface area contributed by atoms with Crippen molar-refractivity contribution in [2.75, 3.05) is 0 Å². The molecule has 1 aromatic rings. The van der Waals surface area contributed by atoms with Crippen molar-refractivity contribution < 1.29 is 19.8 Å². The van der Waals surface area contributed by atoms with Crippen LogP contribution in [0.15, 0.2) is 30.3 Å². The van der Waals surface area contributed by atoms with Crippen LogP contribution in [0.2, 0.25) is 0 Å². The summed E-state index contributed by atoms with van der Waals surface area (Å²) < 4.78 is 0. The molecule has 0 aliphatic heterocycles. The molecule has 0 unspecified atom stereocenters. The summed E-state index contributed by atoms with van der Waals surface area (Å²) in [4.78, 5) is 22.9. The molecule has 0 aromatic heterocycles. The van der Waals surface area contributed by atoms with Gasteiger partial charge in [0.2, 0.25) is 0 Å². The average molecular weight is 276 g/mol. The highest BCUT2D eigenvalue weighted by Gasteiger charge is 2.26. The third-order valence-corrected chi connectivity index (χ3v) is 2.79. The van der Waals surface area contributed by atoms with Gasteiger partial charge in [-0.3, -0.25) is 4.79 Å². The summed E-state index contributed by atoms with van der Waals surface area (Å²) in [6, 6.07) is 8.91. The zero-order valence-corrected chi connectivity index (χ0v) is 11.0. The zero-order valence-electron chi connectivity index (χ0n) is 11.0. The molecule has 0 radical (unpaired) electrons. The molecule has 0 saturated heterocycles. The molecular weight excluding hydrogens is 260 g/mol. The number of nitrogens with zero attached hydrogens (tertiary/aromatic N) is 1. The van der Waals surface area contributed by atoms with Gasteiger partial charge in [0.15, 0.2) is 6.10 Å². The number of nitriles is 1. The molecule has 1 amide bonds. The molecule has 0 aliphatic carbocycles. The van der Waals surface area contributed by atoms with Gasteiger partial charge in [0.25, 0.3) is 5.91 Å². The number of amides is 1. The Balaban J connectivity index is 2.72. The highest BCUT2D eigenvalue weighted by Crippen LogP contribution is 2.13. The highest BCUT2D eigenvalue weighted by atomic mass is 16.4. The van der Waals surface area contributed by atoms with E-state index in [1.54, 1.807) is 37.3 Å². The highest BCUT2D eigenvalue weighted by molar-refractivity contribution is 5.86. The Kier molecular flexibility index (Phi) is 5.69. The van der Waals surface area contributed by atoms with Crippen molar-refractivity contribution in [3.05, 3.63) is 35.9 Å². The molecule has 0 spiro atoms. The minimum absolute atomic E-state index is 0.0148. The van der Waals surface area contributed by atoms with Crippen molar-refractivity contribution in [1.29, 1.82) is 5.26 Å². The summed E-state index contributed by atoms with van der Waals surface area (Å²) >= 11 is 0. The van der Waals surface area contributed by atoms with Crippen LogP contribution in [0.3, 0.4) is 0 Å². The average Bonchev–Trinajstić information content (AvgIpc) is 2.46. The molecule has 20 heavy (non-hydrogen) atoms. The predicted molar refractivity (Wildman–Crippen MR) is 70.4 cm³/mol. The second-order valence-electron chi connectivity index (χ2n) is 4.48. The van der Waals surface area contributed by atoms with Gasteiger partial charge in [-0.05, 0) is 18.9 Å². The maximum Gasteiger partial charge on any atom is 0.326 e. The first-order valence-corrected chi connectivity index (χ1v) is 6.11. The number of hydrogen-bond donors (Lipinski definition) is 3. The number of hydrogen-bond acceptors (Lipinski definition) is 4. The number of carbonyl (C=O) groups is 2. The topological polar surface area (TPSA) is 110 Å². The summed E-state index contributed by atoms with van der Waals surface area (Å²) in [6.07, 6.45) is -1.45. The quantitative estimate of drug-likeness (QED) is 0.713. The largest absolute Gasteiger partial charge is 0.480 e. The number of aliphatic hydroxyl groups excluding tert-OH is 1. The van der Waals surface area contributed by atoms with Gasteiger partial charge in [-0.15, -0.1) is 0 Å². The van der Waals surface area contributed by atoms with Crippen molar-refractivity contribution in [3.63, 3.8) is 0 Å². The lowest BCUT2D eigenvalue weighted by Crippen LogP contribution is -2.43. The minimum atomic E-state index is -1.43. The number of aliphatic hydroxyl groups is 1. The summed E-state index contributed by atoms with van der Waals surface area (Å²) in [5, 5.41) is 29.8. The van der Waals surface area contributed by atoms with E-state index >= 15 is 0 Å². The van der Waals surface area contributed by atoms with Crippen LogP contribution in [0.5, 0.6) is 0 Å². The first-order chi connectivity index (χ1) is 9.45. The van der Waals surface area contributed by atoms with Crippen LogP contribution in [0, 0.1) is 17.2 Å². The van der Waals surface area contributed by atoms with Crippen molar-refractivity contribution >= 4 is 11.9 Å². The van der Waals surface area contributed by atoms with Crippen molar-refractivity contribution in [3.8, 4) is 6.07 Å². The van der Waals surface area contributed by atoms with Crippen LogP contribution in [0.25, 0.3) is 0 Å². The second kappa shape index (κ2) is 7.26. The number of benzene rings is 1. The summed E-state index contributed by atoms with van der Waals surface area (Å²) in [7, 11) is 0. The Morgan fingerprint density at radius 2 is 1.95 bits per heavy atom. The SMILES string of the molecule is C[C@H](C#N)C[C@@H](NC(=O)[C@@H](O)c1ccccc1)C(=O)O. The van der Waals surface area contributed by atoms with E-state index in [9.17, 15) is 14.7 Å². The molecule has 6 heteroatoms. The molecule has 0 bridgehead atoms. The molecule has 0 saturated carbocycles. The Hall–Kier alpha value is -2.39. The zero-order chi connectivity index (χ0) is 15.1. The van der Waals surface area contributed by atoms with Crippen LogP contribution in [-0.4, -0.2) is 28.1 Å². The molecule has 0 aliphatic rings. The monoisotopic (exact) mass is 276 g/mol. The fraction of sp³-hybridized carbons (Fsp3) is 0.357. The lowest BCUT2D eigenvalue weighted by Gasteiger charge is -2.18. The van der Waals surface area contributed by atoms with E-state index in [1.807, 2.05) is 6.07 Å². The molecule has 106 valence electrons. The molecule has 0 fully saturated rings. The fourth-order valence-corrected chi connectivity index (χ4v) is 1.67. The standard InChI is InChI=1S/C14H16N2O4/c1-9(8-15)7-11(14(19)20)16-13(18)12(17)10-5-3-2-4-6-10/h2-6,9,11-12,17H,7H2,1H3,(H,16,18)(H,19,20)/t9-,11+,12-/m0/s1. The van der Waals surface area contributed by atoms with E-state index < -0.39 is 29.9 Å². The van der Waals surface area contributed by atoms with Gasteiger partial charge in [0.1, 0.15) is 6.04 Å². The van der Waals surface area contributed by atoms with Crippen LogP contribution < -0.4 is 5.32 Å². The lowest BCUT2D eigenvalue weighted by molar-refractivity contribution is -0.143. The maximum atomic E-state index is 11.8. The first kappa shape index (κ1) is 15.7. The summed E-state index contributed by atoms with van der Waals surface area (Å²) in [5.41, 5.74) is 0.377. The van der Waals surface area contributed by atoms with Gasteiger partial charge >= 0.3 is 5.97 Å². The van der Waals surface area contributed by atoms with E-state index in [0.29, 0.717) is 5.56 Å². The summed E-state index contributed by atoms with van der Waals surface area (Å²) in [5.74, 6) is -2.54. The van der Waals surface area contributed by atoms with E-state index in [2.05, 4.69) is 5.32 Å². The normalized spacial score (nSPS) is 14.7. The maximum absolute atomic E-state index is 11.8. The van der Waals surface area contributed by atoms with Gasteiger partial charge in [-0.2, -0.15) is 5.26 Å². The lowest BCUT2D eigenvalue weighted by atomic mass is 10.0. The molecule has 3 N–H and O–H groups in total. The summed E-state index contributed by atoms with van der Waals surface area (Å²) in [6.45, 7) is 1.57. The van der Waals surface area contributed by atoms with Crippen molar-refractivity contribution in [2.24, 2.45) is 5.92 Å². The van der Waals surface area contributed by atoms with E-state index in [0.717, 1.165) is 0 Å². The van der Waals surface area contributed by atoms with Crippen LogP contribution in [0.4, 0.5) is 0 Å². The van der Waals surface area contributed by atoms with Crippen LogP contribution in [-0.2, 0) is 9.59 Å². The molecule has 6 nitrogen and oxygen atoms in total. The Morgan fingerprint density at radius 1 is 1.35 bits per heavy atom. The number of carboxylic acids is 1. The smallest absolute Gasteiger partial charge is 0.326 e. The van der Waals surface area contributed by atoms with Gasteiger partial charge in [-0.25, -0.2) is 4.79 Å². The molecule has 3 atom stereocenters. The van der Waals surface area contributed by atoms with Crippen LogP contribution in [0.1, 0.15) is 25.0 Å². The third-order valence-electron chi connectivity index (χ3n) is 2.79. The predicted octanol–water partition coefficient (Wildman–Crippen LogP) is 0.839. The van der Waals surface area contributed by atoms with E-state index in [-0.39, 0.29) is 6.42 Å². The van der Waals surface area contributed by atoms with Crippen LogP contribution >= 0.6 is 0 Å². The Morgan fingerprint density at radius 3 is 2.45 bits per heavy atom. The molecule has 0 heterocycles. The number of nitrogens with one attached hydrogen (secondary N) is 1. The van der Waals surface area contributed by atoms with E-state index in [4.69, 9.17) is 10.4 Å². The Labute approximate surface area is 116 Å². The minimum Gasteiger partial charge on any atom is -0.480 e. The molecular formula is C14H16N2O4. The Bertz CT molecular complexity index is 510.